The summed E-state index contributed by atoms with van der Waals surface area (Å²) >= 11 is 6.23. The Bertz CT molecular complexity index is 1060. The summed E-state index contributed by atoms with van der Waals surface area (Å²) in [5, 5.41) is 11.4. The summed E-state index contributed by atoms with van der Waals surface area (Å²) in [6.07, 6.45) is 0.0152. The second-order valence-electron chi connectivity index (χ2n) is 8.38. The lowest BCUT2D eigenvalue weighted by molar-refractivity contribution is -0.140. The van der Waals surface area contributed by atoms with Gasteiger partial charge in [0.15, 0.2) is 0 Å². The fraction of sp³-hybridized carbons (Fsp3) is 0.360. The van der Waals surface area contributed by atoms with Crippen LogP contribution < -0.4 is 9.47 Å². The maximum atomic E-state index is 13.1. The van der Waals surface area contributed by atoms with Gasteiger partial charge in [-0.2, -0.15) is 0 Å². The molecule has 1 aliphatic heterocycles. The number of nitrogens with zero attached hydrogens (tertiary/aromatic N) is 2. The molecule has 1 heterocycles. The highest BCUT2D eigenvalue weighted by Crippen LogP contribution is 2.40. The van der Waals surface area contributed by atoms with Crippen molar-refractivity contribution < 1.29 is 24.2 Å². The van der Waals surface area contributed by atoms with Gasteiger partial charge in [-0.3, -0.25) is 9.59 Å². The van der Waals surface area contributed by atoms with Gasteiger partial charge < -0.3 is 24.4 Å². The highest BCUT2D eigenvalue weighted by molar-refractivity contribution is 6.46. The van der Waals surface area contributed by atoms with Crippen molar-refractivity contribution in [2.24, 2.45) is 0 Å². The maximum Gasteiger partial charge on any atom is 0.295 e. The Labute approximate surface area is 199 Å². The van der Waals surface area contributed by atoms with Gasteiger partial charge in [0.1, 0.15) is 17.3 Å². The molecule has 33 heavy (non-hydrogen) atoms. The molecule has 2 aromatic rings. The normalized spacial score (nSPS) is 17.8. The second kappa shape index (κ2) is 10.3. The minimum absolute atomic E-state index is 0.0152. The molecule has 1 saturated heterocycles. The standard InChI is InChI=1S/C25H29ClN2O5/c1-15(2)33-18-9-6-16(7-10-18)22-21(24(30)25(31)28(22)13-12-27(3)4)23(29)17-8-11-20(32-5)19(26)14-17/h6-11,14-15,22,29H,12-13H2,1-5H3/b23-21-. The number of aliphatic hydroxyl groups is 1. The Kier molecular flexibility index (Phi) is 7.66. The Morgan fingerprint density at radius 2 is 1.82 bits per heavy atom. The van der Waals surface area contributed by atoms with Crippen LogP contribution in [0.3, 0.4) is 0 Å². The molecule has 0 spiro atoms. The fourth-order valence-corrected chi connectivity index (χ4v) is 3.99. The first-order valence-electron chi connectivity index (χ1n) is 10.7. The van der Waals surface area contributed by atoms with Gasteiger partial charge in [-0.1, -0.05) is 23.7 Å². The van der Waals surface area contributed by atoms with Gasteiger partial charge in [-0.25, -0.2) is 0 Å². The van der Waals surface area contributed by atoms with Crippen LogP contribution in [-0.2, 0) is 9.59 Å². The van der Waals surface area contributed by atoms with E-state index in [2.05, 4.69) is 0 Å². The third kappa shape index (κ3) is 5.31. The topological polar surface area (TPSA) is 79.3 Å². The number of benzene rings is 2. The van der Waals surface area contributed by atoms with Crippen LogP contribution in [0.2, 0.25) is 5.02 Å². The average molecular weight is 473 g/mol. The summed E-state index contributed by atoms with van der Waals surface area (Å²) < 4.78 is 10.9. The molecule has 7 nitrogen and oxygen atoms in total. The molecule has 1 fully saturated rings. The molecule has 176 valence electrons. The second-order valence-corrected chi connectivity index (χ2v) is 8.79. The van der Waals surface area contributed by atoms with Crippen LogP contribution in [0.5, 0.6) is 11.5 Å². The third-order valence-electron chi connectivity index (χ3n) is 5.32. The summed E-state index contributed by atoms with van der Waals surface area (Å²) in [6.45, 7) is 4.76. The Morgan fingerprint density at radius 3 is 2.36 bits per heavy atom. The first-order chi connectivity index (χ1) is 15.6. The number of Topliss-reactive ketones (excluding diaryl/α,β-unsaturated/α-hetero) is 1. The molecule has 3 rings (SSSR count). The van der Waals surface area contributed by atoms with Crippen molar-refractivity contribution in [1.82, 2.24) is 9.80 Å². The molecule has 1 amide bonds. The number of amides is 1. The van der Waals surface area contributed by atoms with E-state index in [9.17, 15) is 14.7 Å². The Hall–Kier alpha value is -3.03. The van der Waals surface area contributed by atoms with E-state index >= 15 is 0 Å². The van der Waals surface area contributed by atoms with E-state index in [0.717, 1.165) is 0 Å². The van der Waals surface area contributed by atoms with Gasteiger partial charge in [0.2, 0.25) is 0 Å². The number of carbonyl (C=O) groups is 2. The van der Waals surface area contributed by atoms with E-state index in [1.807, 2.05) is 45.0 Å². The van der Waals surface area contributed by atoms with Crippen LogP contribution in [0.4, 0.5) is 0 Å². The van der Waals surface area contributed by atoms with Crippen molar-refractivity contribution in [2.45, 2.75) is 26.0 Å². The molecule has 0 saturated carbocycles. The Balaban J connectivity index is 2.11. The molecule has 2 aromatic carbocycles. The fourth-order valence-electron chi connectivity index (χ4n) is 3.73. The summed E-state index contributed by atoms with van der Waals surface area (Å²) in [4.78, 5) is 29.5. The van der Waals surface area contributed by atoms with Crippen molar-refractivity contribution in [2.75, 3.05) is 34.3 Å². The molecule has 0 aromatic heterocycles. The molecule has 1 N–H and O–H groups in total. The number of ether oxygens (including phenoxy) is 2. The van der Waals surface area contributed by atoms with Gasteiger partial charge >= 0.3 is 0 Å². The van der Waals surface area contributed by atoms with Crippen LogP contribution in [0.15, 0.2) is 48.0 Å². The van der Waals surface area contributed by atoms with Gasteiger partial charge in [0, 0.05) is 18.7 Å². The predicted molar refractivity (Wildman–Crippen MR) is 128 cm³/mol. The summed E-state index contributed by atoms with van der Waals surface area (Å²) in [5.41, 5.74) is 1.05. The van der Waals surface area contributed by atoms with Crippen molar-refractivity contribution >= 4 is 29.1 Å². The first-order valence-corrected chi connectivity index (χ1v) is 11.1. The monoisotopic (exact) mass is 472 g/mol. The largest absolute Gasteiger partial charge is 0.507 e. The van der Waals surface area contributed by atoms with Gasteiger partial charge in [-0.05, 0) is 63.8 Å². The van der Waals surface area contributed by atoms with Gasteiger partial charge in [0.05, 0.1) is 29.9 Å². The van der Waals surface area contributed by atoms with Gasteiger partial charge in [0.25, 0.3) is 11.7 Å². The van der Waals surface area contributed by atoms with Crippen molar-refractivity contribution in [3.05, 3.63) is 64.2 Å². The Morgan fingerprint density at radius 1 is 1.15 bits per heavy atom. The van der Waals surface area contributed by atoms with E-state index < -0.39 is 17.7 Å². The molecule has 0 bridgehead atoms. The molecule has 1 aliphatic rings. The van der Waals surface area contributed by atoms with Gasteiger partial charge in [-0.15, -0.1) is 0 Å². The number of hydrogen-bond donors (Lipinski definition) is 1. The van der Waals surface area contributed by atoms with Crippen molar-refractivity contribution in [3.63, 3.8) is 0 Å². The minimum Gasteiger partial charge on any atom is -0.507 e. The number of methoxy groups -OCH3 is 1. The van der Waals surface area contributed by atoms with E-state index in [1.165, 1.54) is 18.1 Å². The van der Waals surface area contributed by atoms with E-state index in [4.69, 9.17) is 21.1 Å². The lowest BCUT2D eigenvalue weighted by Gasteiger charge is -2.26. The van der Waals surface area contributed by atoms with E-state index in [1.54, 1.807) is 24.3 Å². The number of likely N-dealkylation sites (tertiary alicyclic amines) is 1. The molecule has 1 unspecified atom stereocenters. The van der Waals surface area contributed by atoms with Crippen LogP contribution in [0, 0.1) is 0 Å². The minimum atomic E-state index is -0.737. The maximum absolute atomic E-state index is 13.1. The van der Waals surface area contributed by atoms with Crippen LogP contribution >= 0.6 is 11.6 Å². The number of halogens is 1. The summed E-state index contributed by atoms with van der Waals surface area (Å²) in [7, 11) is 5.27. The molecular formula is C25H29ClN2O5. The predicted octanol–water partition coefficient (Wildman–Crippen LogP) is 4.12. The molecule has 0 aliphatic carbocycles. The van der Waals surface area contributed by atoms with Crippen LogP contribution in [-0.4, -0.2) is 67.0 Å². The van der Waals surface area contributed by atoms with Crippen molar-refractivity contribution in [3.8, 4) is 11.5 Å². The SMILES string of the molecule is COc1ccc(/C(O)=C2/C(=O)C(=O)N(CCN(C)C)C2c2ccc(OC(C)C)cc2)cc1Cl. The molecule has 8 heteroatoms. The van der Waals surface area contributed by atoms with Crippen LogP contribution in [0.25, 0.3) is 5.76 Å². The summed E-state index contributed by atoms with van der Waals surface area (Å²) in [5.74, 6) is -0.535. The van der Waals surface area contributed by atoms with Crippen LogP contribution in [0.1, 0.15) is 31.0 Å². The number of hydrogen-bond acceptors (Lipinski definition) is 6. The highest BCUT2D eigenvalue weighted by Gasteiger charge is 2.45. The number of rotatable bonds is 8. The molecule has 1 atom stereocenters. The lowest BCUT2D eigenvalue weighted by atomic mass is 9.95. The first kappa shape index (κ1) is 24.6. The lowest BCUT2D eigenvalue weighted by Crippen LogP contribution is -2.35. The third-order valence-corrected chi connectivity index (χ3v) is 5.62. The molecular weight excluding hydrogens is 444 g/mol. The average Bonchev–Trinajstić information content (AvgIpc) is 3.02. The molecule has 0 radical (unpaired) electrons. The van der Waals surface area contributed by atoms with Crippen molar-refractivity contribution in [1.29, 1.82) is 0 Å². The van der Waals surface area contributed by atoms with E-state index in [-0.39, 0.29) is 22.5 Å². The zero-order valence-corrected chi connectivity index (χ0v) is 20.2. The highest BCUT2D eigenvalue weighted by atomic mass is 35.5. The number of ketones is 1. The number of likely N-dealkylation sites (N-methyl/N-ethyl adjacent to an activating group) is 1. The number of carbonyl (C=O) groups excluding carboxylic acids is 2. The smallest absolute Gasteiger partial charge is 0.295 e. The van der Waals surface area contributed by atoms with E-state index in [0.29, 0.717) is 35.7 Å². The summed E-state index contributed by atoms with van der Waals surface area (Å²) in [6, 6.07) is 11.2. The zero-order chi connectivity index (χ0) is 24.3. The quantitative estimate of drug-likeness (QED) is 0.353. The number of aliphatic hydroxyl groups excluding tert-OH is 1. The zero-order valence-electron chi connectivity index (χ0n) is 19.5.